The molecule has 0 saturated carbocycles. The average Bonchev–Trinajstić information content (AvgIpc) is 2.89. The Morgan fingerprint density at radius 3 is 2.87 bits per heavy atom. The number of anilines is 2. The zero-order chi connectivity index (χ0) is 20.7. The van der Waals surface area contributed by atoms with Crippen LogP contribution >= 0.6 is 0 Å². The van der Waals surface area contributed by atoms with E-state index in [2.05, 4.69) is 40.5 Å². The highest BCUT2D eigenvalue weighted by Gasteiger charge is 2.34. The van der Waals surface area contributed by atoms with Gasteiger partial charge in [-0.1, -0.05) is 30.3 Å². The third kappa shape index (κ3) is 3.69. The Labute approximate surface area is 178 Å². The lowest BCUT2D eigenvalue weighted by Crippen LogP contribution is -2.61. The zero-order valence-electron chi connectivity index (χ0n) is 17.1. The summed E-state index contributed by atoms with van der Waals surface area (Å²) in [5.74, 6) is 1.48. The van der Waals surface area contributed by atoms with Crippen LogP contribution in [0.15, 0.2) is 53.4 Å². The largest absolute Gasteiger partial charge is 0.382 e. The number of nitrogens with two attached hydrogens (primary N) is 1. The van der Waals surface area contributed by atoms with Gasteiger partial charge in [-0.25, -0.2) is 4.98 Å². The number of nitrogens with one attached hydrogen (secondary N) is 1. The molecule has 1 fully saturated rings. The van der Waals surface area contributed by atoms with Crippen molar-refractivity contribution in [1.82, 2.24) is 4.98 Å². The minimum absolute atomic E-state index is 0.319. The summed E-state index contributed by atoms with van der Waals surface area (Å²) < 4.78 is 18.1. The van der Waals surface area contributed by atoms with E-state index >= 15 is 0 Å². The van der Waals surface area contributed by atoms with E-state index in [1.165, 1.54) is 0 Å². The van der Waals surface area contributed by atoms with E-state index in [9.17, 15) is 4.21 Å². The maximum atomic E-state index is 12.8. The SMILES string of the molecule is Cc1ccc2c(c1)S(=O)CCN(c1cc(NCC3(N)COC3)c3ccccc3n1)C2. The van der Waals surface area contributed by atoms with Gasteiger partial charge in [0.05, 0.1) is 35.1 Å². The van der Waals surface area contributed by atoms with Crippen LogP contribution in [0.3, 0.4) is 0 Å². The van der Waals surface area contributed by atoms with Crippen molar-refractivity contribution in [2.45, 2.75) is 23.9 Å². The molecule has 6 nitrogen and oxygen atoms in total. The summed E-state index contributed by atoms with van der Waals surface area (Å²) in [5, 5.41) is 4.60. The summed E-state index contributed by atoms with van der Waals surface area (Å²) in [5.41, 5.74) is 10.2. The quantitative estimate of drug-likeness (QED) is 0.673. The summed E-state index contributed by atoms with van der Waals surface area (Å²) in [4.78, 5) is 8.10. The summed E-state index contributed by atoms with van der Waals surface area (Å²) >= 11 is 0. The van der Waals surface area contributed by atoms with Crippen molar-refractivity contribution in [3.63, 3.8) is 0 Å². The predicted molar refractivity (Wildman–Crippen MR) is 121 cm³/mol. The molecule has 1 atom stereocenters. The van der Waals surface area contributed by atoms with Gasteiger partial charge in [0.1, 0.15) is 5.82 Å². The molecule has 3 N–H and O–H groups in total. The molecular weight excluding hydrogens is 396 g/mol. The summed E-state index contributed by atoms with van der Waals surface area (Å²) in [6.07, 6.45) is 0. The molecule has 0 bridgehead atoms. The fraction of sp³-hybridized carbons (Fsp3) is 0.348. The number of para-hydroxylation sites is 1. The molecule has 0 radical (unpaired) electrons. The third-order valence-electron chi connectivity index (χ3n) is 5.81. The monoisotopic (exact) mass is 422 g/mol. The topological polar surface area (TPSA) is 80.5 Å². The van der Waals surface area contributed by atoms with E-state index in [0.29, 0.717) is 38.6 Å². The number of ether oxygens (including phenoxy) is 1. The van der Waals surface area contributed by atoms with Gasteiger partial charge in [0.2, 0.25) is 0 Å². The number of benzene rings is 2. The summed E-state index contributed by atoms with van der Waals surface area (Å²) in [6, 6.07) is 16.4. The molecule has 2 aliphatic rings. The molecule has 2 aromatic carbocycles. The molecule has 30 heavy (non-hydrogen) atoms. The highest BCUT2D eigenvalue weighted by molar-refractivity contribution is 7.85. The first-order valence-electron chi connectivity index (χ1n) is 10.2. The van der Waals surface area contributed by atoms with E-state index in [4.69, 9.17) is 15.5 Å². The van der Waals surface area contributed by atoms with Gasteiger partial charge in [-0.2, -0.15) is 0 Å². The van der Waals surface area contributed by atoms with E-state index in [0.717, 1.165) is 38.4 Å². The van der Waals surface area contributed by atoms with Gasteiger partial charge in [0, 0.05) is 47.4 Å². The van der Waals surface area contributed by atoms with Gasteiger partial charge in [0.15, 0.2) is 0 Å². The molecule has 1 saturated heterocycles. The first-order chi connectivity index (χ1) is 14.5. The van der Waals surface area contributed by atoms with Crippen LogP contribution in [0, 0.1) is 6.92 Å². The average molecular weight is 423 g/mol. The molecular formula is C23H26N4O2S. The second-order valence-corrected chi connectivity index (χ2v) is 9.88. The standard InChI is InChI=1S/C23H26N4O2S/c1-16-6-7-17-12-27(8-9-30(28)21(17)10-16)22-11-20(25-13-23(24)14-29-15-23)18-4-2-3-5-19(18)26-22/h2-7,10-11H,8-9,12-15,24H2,1H3,(H,25,26). The molecule has 2 aliphatic heterocycles. The molecule has 3 heterocycles. The van der Waals surface area contributed by atoms with Gasteiger partial charge in [-0.15, -0.1) is 0 Å². The molecule has 5 rings (SSSR count). The van der Waals surface area contributed by atoms with Gasteiger partial charge >= 0.3 is 0 Å². The zero-order valence-corrected chi connectivity index (χ0v) is 17.9. The van der Waals surface area contributed by atoms with Crippen molar-refractivity contribution in [3.05, 3.63) is 59.7 Å². The fourth-order valence-electron chi connectivity index (χ4n) is 3.99. The second-order valence-electron chi connectivity index (χ2n) is 8.34. The first-order valence-corrected chi connectivity index (χ1v) is 11.6. The number of hydrogen-bond acceptors (Lipinski definition) is 6. The van der Waals surface area contributed by atoms with Crippen molar-refractivity contribution in [2.24, 2.45) is 5.73 Å². The van der Waals surface area contributed by atoms with Crippen molar-refractivity contribution in [3.8, 4) is 0 Å². The second kappa shape index (κ2) is 7.65. The number of rotatable bonds is 4. The molecule has 3 aromatic rings. The van der Waals surface area contributed by atoms with Crippen LogP contribution in [-0.2, 0) is 22.1 Å². The Hall–Kier alpha value is -2.48. The van der Waals surface area contributed by atoms with Crippen molar-refractivity contribution in [1.29, 1.82) is 0 Å². The van der Waals surface area contributed by atoms with Gasteiger partial charge in [-0.3, -0.25) is 4.21 Å². The van der Waals surface area contributed by atoms with Crippen molar-refractivity contribution >= 4 is 33.2 Å². The number of aromatic nitrogens is 1. The highest BCUT2D eigenvalue weighted by Crippen LogP contribution is 2.31. The Morgan fingerprint density at radius 2 is 2.07 bits per heavy atom. The van der Waals surface area contributed by atoms with E-state index in [1.807, 2.05) is 25.1 Å². The minimum atomic E-state index is -0.994. The van der Waals surface area contributed by atoms with Crippen LogP contribution in [0.1, 0.15) is 11.1 Å². The molecule has 7 heteroatoms. The lowest BCUT2D eigenvalue weighted by atomic mass is 9.99. The molecule has 156 valence electrons. The van der Waals surface area contributed by atoms with Crippen molar-refractivity contribution in [2.75, 3.05) is 42.3 Å². The van der Waals surface area contributed by atoms with Gasteiger partial charge in [0.25, 0.3) is 0 Å². The van der Waals surface area contributed by atoms with Crippen LogP contribution in [-0.4, -0.2) is 46.8 Å². The minimum Gasteiger partial charge on any atom is -0.382 e. The van der Waals surface area contributed by atoms with Crippen LogP contribution < -0.4 is 16.0 Å². The maximum Gasteiger partial charge on any atom is 0.131 e. The predicted octanol–water partition coefficient (Wildman–Crippen LogP) is 2.81. The summed E-state index contributed by atoms with van der Waals surface area (Å²) in [7, 11) is -0.994. The smallest absolute Gasteiger partial charge is 0.131 e. The molecule has 1 aromatic heterocycles. The van der Waals surface area contributed by atoms with Crippen LogP contribution in [0.2, 0.25) is 0 Å². The molecule has 1 unspecified atom stereocenters. The Bertz CT molecular complexity index is 1130. The third-order valence-corrected chi connectivity index (χ3v) is 7.24. The van der Waals surface area contributed by atoms with Crippen LogP contribution in [0.4, 0.5) is 11.5 Å². The Balaban J connectivity index is 1.50. The Morgan fingerprint density at radius 1 is 1.23 bits per heavy atom. The molecule has 0 amide bonds. The highest BCUT2D eigenvalue weighted by atomic mass is 32.2. The van der Waals surface area contributed by atoms with E-state index in [-0.39, 0.29) is 5.54 Å². The lowest BCUT2D eigenvalue weighted by molar-refractivity contribution is -0.0461. The lowest BCUT2D eigenvalue weighted by Gasteiger charge is -2.38. The normalized spacial score (nSPS) is 20.3. The van der Waals surface area contributed by atoms with Crippen LogP contribution in [0.5, 0.6) is 0 Å². The molecule has 0 spiro atoms. The van der Waals surface area contributed by atoms with E-state index < -0.39 is 10.8 Å². The number of pyridine rings is 1. The van der Waals surface area contributed by atoms with Crippen LogP contribution in [0.25, 0.3) is 10.9 Å². The number of nitrogens with zero attached hydrogens (tertiary/aromatic N) is 2. The summed E-state index contributed by atoms with van der Waals surface area (Å²) in [6.45, 7) is 5.22. The van der Waals surface area contributed by atoms with Gasteiger partial charge < -0.3 is 20.7 Å². The Kier molecular flexibility index (Phi) is 4.97. The molecule has 0 aliphatic carbocycles. The van der Waals surface area contributed by atoms with Gasteiger partial charge in [-0.05, 0) is 30.2 Å². The van der Waals surface area contributed by atoms with Crippen molar-refractivity contribution < 1.29 is 8.95 Å². The fourth-order valence-corrected chi connectivity index (χ4v) is 5.34. The number of aryl methyl sites for hydroxylation is 1. The first kappa shape index (κ1) is 19.5. The number of hydrogen-bond donors (Lipinski definition) is 2. The van der Waals surface area contributed by atoms with E-state index in [1.54, 1.807) is 0 Å². The number of fused-ring (bicyclic) bond motifs is 2. The maximum absolute atomic E-state index is 12.8.